The molecule has 0 aliphatic rings. The van der Waals surface area contributed by atoms with Gasteiger partial charge in [0.2, 0.25) is 0 Å². The molecule has 1 N–H and O–H groups in total. The van der Waals surface area contributed by atoms with Gasteiger partial charge in [-0.15, -0.1) is 0 Å². The Labute approximate surface area is 171 Å². The van der Waals surface area contributed by atoms with Crippen LogP contribution in [0.1, 0.15) is 27.1 Å². The number of hydrogen-bond acceptors (Lipinski definition) is 9. The number of rotatable bonds is 11. The van der Waals surface area contributed by atoms with E-state index in [0.717, 1.165) is 0 Å². The van der Waals surface area contributed by atoms with E-state index in [2.05, 4.69) is 19.7 Å². The minimum absolute atomic E-state index is 0.246. The van der Waals surface area contributed by atoms with E-state index in [1.54, 1.807) is 0 Å². The zero-order valence-electron chi connectivity index (χ0n) is 15.7. The molecular formula is C20H18O10. The lowest BCUT2D eigenvalue weighted by Gasteiger charge is -2.30. The molecule has 158 valence electrons. The molecule has 1 rings (SSSR count). The van der Waals surface area contributed by atoms with Gasteiger partial charge >= 0.3 is 35.8 Å². The first-order chi connectivity index (χ1) is 14.2. The lowest BCUT2D eigenvalue weighted by Crippen LogP contribution is -2.45. The van der Waals surface area contributed by atoms with E-state index in [1.807, 2.05) is 0 Å². The van der Waals surface area contributed by atoms with Gasteiger partial charge in [0, 0.05) is 18.2 Å². The van der Waals surface area contributed by atoms with E-state index in [1.165, 1.54) is 24.3 Å². The number of benzene rings is 1. The van der Waals surface area contributed by atoms with E-state index >= 15 is 0 Å². The van der Waals surface area contributed by atoms with Crippen molar-refractivity contribution >= 4 is 29.8 Å². The zero-order chi connectivity index (χ0) is 22.7. The highest BCUT2D eigenvalue weighted by Crippen LogP contribution is 2.23. The van der Waals surface area contributed by atoms with Gasteiger partial charge in [-0.25, -0.2) is 24.0 Å². The van der Waals surface area contributed by atoms with Crippen LogP contribution >= 0.6 is 0 Å². The lowest BCUT2D eigenvalue weighted by molar-refractivity contribution is -0.328. The first kappa shape index (κ1) is 23.8. The van der Waals surface area contributed by atoms with Gasteiger partial charge in [-0.1, -0.05) is 31.9 Å². The van der Waals surface area contributed by atoms with E-state index in [9.17, 15) is 24.0 Å². The van der Waals surface area contributed by atoms with Crippen molar-refractivity contribution in [1.29, 1.82) is 0 Å². The Morgan fingerprint density at radius 3 is 1.67 bits per heavy atom. The van der Waals surface area contributed by atoms with Crippen molar-refractivity contribution in [2.24, 2.45) is 0 Å². The standard InChI is InChI=1S/C20H18O10/c1-4-15(21)28-20(29-16(22)5-2,30-17(23)6-3)11-12-27-19(26)14-10-8-7-9-13(14)18(24)25/h4-10H,1-3,11-12H2,(H,24,25). The van der Waals surface area contributed by atoms with E-state index in [0.29, 0.717) is 18.2 Å². The number of esters is 4. The first-order valence-corrected chi connectivity index (χ1v) is 8.23. The molecule has 0 amide bonds. The maximum Gasteiger partial charge on any atom is 0.427 e. The number of carboxylic acids is 1. The van der Waals surface area contributed by atoms with Crippen molar-refractivity contribution in [3.63, 3.8) is 0 Å². The second-order valence-corrected chi connectivity index (χ2v) is 5.30. The van der Waals surface area contributed by atoms with Crippen molar-refractivity contribution in [3.8, 4) is 0 Å². The highest BCUT2D eigenvalue weighted by molar-refractivity contribution is 6.02. The Kier molecular flexibility index (Phi) is 8.70. The molecule has 0 saturated heterocycles. The van der Waals surface area contributed by atoms with Crippen LogP contribution in [0.2, 0.25) is 0 Å². The summed E-state index contributed by atoms with van der Waals surface area (Å²) in [6.45, 7) is 8.94. The van der Waals surface area contributed by atoms with Crippen LogP contribution in [-0.4, -0.2) is 47.5 Å². The molecule has 0 heterocycles. The van der Waals surface area contributed by atoms with Crippen LogP contribution in [0, 0.1) is 0 Å². The van der Waals surface area contributed by atoms with Crippen molar-refractivity contribution in [3.05, 3.63) is 73.4 Å². The van der Waals surface area contributed by atoms with E-state index < -0.39 is 48.8 Å². The van der Waals surface area contributed by atoms with Crippen molar-refractivity contribution < 1.29 is 48.0 Å². The predicted molar refractivity (Wildman–Crippen MR) is 99.9 cm³/mol. The molecule has 1 aromatic carbocycles. The molecule has 0 aliphatic carbocycles. The fraction of sp³-hybridized carbons (Fsp3) is 0.150. The number of hydrogen-bond donors (Lipinski definition) is 1. The number of carboxylic acid groups (broad SMARTS) is 1. The van der Waals surface area contributed by atoms with Gasteiger partial charge in [0.25, 0.3) is 0 Å². The maximum atomic E-state index is 12.2. The average Bonchev–Trinajstić information content (AvgIpc) is 2.73. The SMILES string of the molecule is C=CC(=O)OC(CCOC(=O)c1ccccc1C(=O)O)(OC(=O)C=C)OC(=O)C=C. The van der Waals surface area contributed by atoms with E-state index in [-0.39, 0.29) is 11.1 Å². The van der Waals surface area contributed by atoms with Crippen LogP contribution in [0.5, 0.6) is 0 Å². The molecular weight excluding hydrogens is 400 g/mol. The normalized spacial score (nSPS) is 10.1. The summed E-state index contributed by atoms with van der Waals surface area (Å²) in [6.07, 6.45) is 1.50. The Morgan fingerprint density at radius 1 is 0.833 bits per heavy atom. The predicted octanol–water partition coefficient (Wildman–Crippen LogP) is 1.77. The highest BCUT2D eigenvalue weighted by atomic mass is 16.9. The molecule has 0 fully saturated rings. The van der Waals surface area contributed by atoms with Crippen LogP contribution in [0.4, 0.5) is 0 Å². The summed E-state index contributed by atoms with van der Waals surface area (Å²) < 4.78 is 19.5. The largest absolute Gasteiger partial charge is 0.478 e. The molecule has 0 bridgehead atoms. The summed E-state index contributed by atoms with van der Waals surface area (Å²) in [4.78, 5) is 58.4. The van der Waals surface area contributed by atoms with Crippen LogP contribution in [0.3, 0.4) is 0 Å². The lowest BCUT2D eigenvalue weighted by atomic mass is 10.1. The first-order valence-electron chi connectivity index (χ1n) is 8.23. The molecule has 10 nitrogen and oxygen atoms in total. The van der Waals surface area contributed by atoms with Crippen molar-refractivity contribution in [1.82, 2.24) is 0 Å². The highest BCUT2D eigenvalue weighted by Gasteiger charge is 2.43. The average molecular weight is 418 g/mol. The Morgan fingerprint density at radius 2 is 1.27 bits per heavy atom. The Bertz CT molecular complexity index is 828. The van der Waals surface area contributed by atoms with Crippen LogP contribution in [0.15, 0.2) is 62.2 Å². The molecule has 0 atom stereocenters. The molecule has 0 radical (unpaired) electrons. The molecule has 0 spiro atoms. The third kappa shape index (κ3) is 6.75. The summed E-state index contributed by atoms with van der Waals surface area (Å²) in [5.41, 5.74) is -0.548. The minimum Gasteiger partial charge on any atom is -0.478 e. The zero-order valence-corrected chi connectivity index (χ0v) is 15.7. The smallest absolute Gasteiger partial charge is 0.427 e. The molecule has 0 unspecified atom stereocenters. The third-order valence-corrected chi connectivity index (χ3v) is 3.29. The molecule has 10 heteroatoms. The topological polar surface area (TPSA) is 143 Å². The van der Waals surface area contributed by atoms with Crippen LogP contribution < -0.4 is 0 Å². The summed E-state index contributed by atoms with van der Waals surface area (Å²) in [6, 6.07) is 5.28. The number of ether oxygens (including phenoxy) is 4. The summed E-state index contributed by atoms with van der Waals surface area (Å²) >= 11 is 0. The maximum absolute atomic E-state index is 12.2. The van der Waals surface area contributed by atoms with Gasteiger partial charge in [-0.05, 0) is 12.1 Å². The fourth-order valence-electron chi connectivity index (χ4n) is 1.99. The molecule has 1 aromatic rings. The third-order valence-electron chi connectivity index (χ3n) is 3.29. The number of carbonyl (C=O) groups excluding carboxylic acids is 4. The second kappa shape index (κ2) is 11.0. The minimum atomic E-state index is -2.62. The second-order valence-electron chi connectivity index (χ2n) is 5.30. The van der Waals surface area contributed by atoms with Gasteiger partial charge in [-0.2, -0.15) is 0 Å². The fourth-order valence-corrected chi connectivity index (χ4v) is 1.99. The van der Waals surface area contributed by atoms with Gasteiger partial charge in [0.1, 0.15) is 13.0 Å². The quantitative estimate of drug-likeness (QED) is 0.321. The molecule has 0 aromatic heterocycles. The van der Waals surface area contributed by atoms with Gasteiger partial charge in [0.05, 0.1) is 11.1 Å². The van der Waals surface area contributed by atoms with Crippen molar-refractivity contribution in [2.45, 2.75) is 12.4 Å². The van der Waals surface area contributed by atoms with Gasteiger partial charge in [-0.3, -0.25) is 0 Å². The Balaban J connectivity index is 3.07. The van der Waals surface area contributed by atoms with E-state index in [4.69, 9.17) is 24.1 Å². The summed E-state index contributed by atoms with van der Waals surface area (Å²) in [5, 5.41) is 9.14. The van der Waals surface area contributed by atoms with Gasteiger partial charge in [0.15, 0.2) is 0 Å². The summed E-state index contributed by atoms with van der Waals surface area (Å²) in [5.74, 6) is -8.35. The number of carbonyl (C=O) groups is 5. The summed E-state index contributed by atoms with van der Waals surface area (Å²) in [7, 11) is 0. The molecule has 30 heavy (non-hydrogen) atoms. The molecule has 0 aliphatic heterocycles. The van der Waals surface area contributed by atoms with Crippen molar-refractivity contribution in [2.75, 3.05) is 6.61 Å². The van der Waals surface area contributed by atoms with Gasteiger partial charge < -0.3 is 24.1 Å². The van der Waals surface area contributed by atoms with Crippen LogP contribution in [0.25, 0.3) is 0 Å². The number of aromatic carboxylic acids is 1. The molecule has 0 saturated carbocycles. The van der Waals surface area contributed by atoms with Crippen LogP contribution in [-0.2, 0) is 33.3 Å². The monoisotopic (exact) mass is 418 g/mol. The Hall–Kier alpha value is -4.21.